The van der Waals surface area contributed by atoms with E-state index in [9.17, 15) is 9.90 Å². The number of methoxy groups -OCH3 is 1. The van der Waals surface area contributed by atoms with Gasteiger partial charge in [-0.15, -0.1) is 0 Å². The molecular formula is C13H19NO3. The van der Waals surface area contributed by atoms with Crippen molar-refractivity contribution in [1.29, 1.82) is 0 Å². The van der Waals surface area contributed by atoms with E-state index < -0.39 is 0 Å². The molecule has 1 aromatic rings. The molecule has 0 saturated carbocycles. The van der Waals surface area contributed by atoms with Crippen LogP contribution in [-0.2, 0) is 4.74 Å². The molecule has 4 nitrogen and oxygen atoms in total. The first kappa shape index (κ1) is 13.5. The SMILES string of the molecule is CCN(C(=O)c1cccc(O)c1)C(C)COC. The molecule has 1 aromatic carbocycles. The predicted molar refractivity (Wildman–Crippen MR) is 66.2 cm³/mol. The van der Waals surface area contributed by atoms with Crippen LogP contribution in [0.3, 0.4) is 0 Å². The lowest BCUT2D eigenvalue weighted by atomic mass is 10.1. The number of carbonyl (C=O) groups is 1. The highest BCUT2D eigenvalue weighted by atomic mass is 16.5. The number of hydrogen-bond acceptors (Lipinski definition) is 3. The zero-order valence-corrected chi connectivity index (χ0v) is 10.5. The van der Waals surface area contributed by atoms with Gasteiger partial charge in [0.1, 0.15) is 5.75 Å². The molecule has 1 rings (SSSR count). The third-order valence-electron chi connectivity index (χ3n) is 2.63. The van der Waals surface area contributed by atoms with Crippen LogP contribution in [-0.4, -0.2) is 42.2 Å². The molecule has 0 aliphatic rings. The molecule has 0 heterocycles. The molecule has 17 heavy (non-hydrogen) atoms. The fraction of sp³-hybridized carbons (Fsp3) is 0.462. The number of aromatic hydroxyl groups is 1. The summed E-state index contributed by atoms with van der Waals surface area (Å²) in [5.74, 6) is 0.0132. The Kier molecular flexibility index (Phi) is 4.97. The summed E-state index contributed by atoms with van der Waals surface area (Å²) in [7, 11) is 1.61. The van der Waals surface area contributed by atoms with Crippen molar-refractivity contribution in [3.8, 4) is 5.75 Å². The van der Waals surface area contributed by atoms with Crippen LogP contribution in [0, 0.1) is 0 Å². The van der Waals surface area contributed by atoms with Gasteiger partial charge < -0.3 is 14.7 Å². The summed E-state index contributed by atoms with van der Waals surface area (Å²) in [4.78, 5) is 13.9. The Labute approximate surface area is 102 Å². The number of rotatable bonds is 5. The van der Waals surface area contributed by atoms with Gasteiger partial charge in [-0.2, -0.15) is 0 Å². The minimum atomic E-state index is -0.0899. The van der Waals surface area contributed by atoms with E-state index in [2.05, 4.69) is 0 Å². The van der Waals surface area contributed by atoms with Crippen molar-refractivity contribution in [2.45, 2.75) is 19.9 Å². The van der Waals surface area contributed by atoms with E-state index in [1.807, 2.05) is 13.8 Å². The summed E-state index contributed by atoms with van der Waals surface area (Å²) < 4.78 is 5.05. The van der Waals surface area contributed by atoms with Gasteiger partial charge in [-0.25, -0.2) is 0 Å². The molecule has 1 atom stereocenters. The monoisotopic (exact) mass is 237 g/mol. The maximum atomic E-state index is 12.2. The average molecular weight is 237 g/mol. The molecule has 1 amide bonds. The summed E-state index contributed by atoms with van der Waals surface area (Å²) in [5, 5.41) is 9.36. The smallest absolute Gasteiger partial charge is 0.254 e. The summed E-state index contributed by atoms with van der Waals surface area (Å²) in [6.07, 6.45) is 0. The van der Waals surface area contributed by atoms with Crippen molar-refractivity contribution in [3.63, 3.8) is 0 Å². The zero-order chi connectivity index (χ0) is 12.8. The highest BCUT2D eigenvalue weighted by Gasteiger charge is 2.19. The van der Waals surface area contributed by atoms with Crippen LogP contribution in [0.2, 0.25) is 0 Å². The average Bonchev–Trinajstić information content (AvgIpc) is 2.30. The van der Waals surface area contributed by atoms with Crippen LogP contribution < -0.4 is 0 Å². The second-order valence-corrected chi connectivity index (χ2v) is 3.95. The van der Waals surface area contributed by atoms with Crippen LogP contribution in [0.25, 0.3) is 0 Å². The minimum Gasteiger partial charge on any atom is -0.508 e. The summed E-state index contributed by atoms with van der Waals surface area (Å²) >= 11 is 0. The second kappa shape index (κ2) is 6.25. The van der Waals surface area contributed by atoms with Gasteiger partial charge in [0.15, 0.2) is 0 Å². The first-order valence-electron chi connectivity index (χ1n) is 5.69. The van der Waals surface area contributed by atoms with E-state index in [0.29, 0.717) is 18.7 Å². The maximum absolute atomic E-state index is 12.2. The number of amides is 1. The molecular weight excluding hydrogens is 218 g/mol. The maximum Gasteiger partial charge on any atom is 0.254 e. The number of carbonyl (C=O) groups excluding carboxylic acids is 1. The molecule has 0 bridgehead atoms. The van der Waals surface area contributed by atoms with E-state index in [4.69, 9.17) is 4.74 Å². The van der Waals surface area contributed by atoms with Gasteiger partial charge in [-0.1, -0.05) is 6.07 Å². The second-order valence-electron chi connectivity index (χ2n) is 3.95. The third-order valence-corrected chi connectivity index (χ3v) is 2.63. The quantitative estimate of drug-likeness (QED) is 0.850. The molecule has 0 aliphatic heterocycles. The van der Waals surface area contributed by atoms with Crippen LogP contribution in [0.5, 0.6) is 5.75 Å². The van der Waals surface area contributed by atoms with Gasteiger partial charge in [-0.3, -0.25) is 4.79 Å². The van der Waals surface area contributed by atoms with E-state index in [1.54, 1.807) is 30.2 Å². The molecule has 0 aromatic heterocycles. The Morgan fingerprint density at radius 2 is 2.24 bits per heavy atom. The van der Waals surface area contributed by atoms with Gasteiger partial charge in [0, 0.05) is 19.2 Å². The van der Waals surface area contributed by atoms with Gasteiger partial charge in [0.2, 0.25) is 0 Å². The molecule has 0 radical (unpaired) electrons. The molecule has 4 heteroatoms. The number of phenols is 1. The van der Waals surface area contributed by atoms with Crippen molar-refractivity contribution in [3.05, 3.63) is 29.8 Å². The van der Waals surface area contributed by atoms with Crippen molar-refractivity contribution in [1.82, 2.24) is 4.90 Å². The topological polar surface area (TPSA) is 49.8 Å². The number of phenolic OH excluding ortho intramolecular Hbond substituents is 1. The summed E-state index contributed by atoms with van der Waals surface area (Å²) in [6, 6.07) is 6.40. The third kappa shape index (κ3) is 3.46. The first-order valence-corrected chi connectivity index (χ1v) is 5.69. The minimum absolute atomic E-state index is 0.0137. The van der Waals surface area contributed by atoms with Crippen LogP contribution in [0.15, 0.2) is 24.3 Å². The normalized spacial score (nSPS) is 12.2. The lowest BCUT2D eigenvalue weighted by Gasteiger charge is -2.27. The van der Waals surface area contributed by atoms with Crippen molar-refractivity contribution in [2.75, 3.05) is 20.3 Å². The highest BCUT2D eigenvalue weighted by Crippen LogP contribution is 2.14. The Bertz CT molecular complexity index is 379. The largest absolute Gasteiger partial charge is 0.508 e. The van der Waals surface area contributed by atoms with E-state index in [-0.39, 0.29) is 17.7 Å². The van der Waals surface area contributed by atoms with E-state index in [0.717, 1.165) is 0 Å². The Hall–Kier alpha value is -1.55. The molecule has 1 N–H and O–H groups in total. The Morgan fingerprint density at radius 3 is 2.76 bits per heavy atom. The molecule has 0 aliphatic carbocycles. The lowest BCUT2D eigenvalue weighted by molar-refractivity contribution is 0.0579. The number of hydrogen-bond donors (Lipinski definition) is 1. The number of ether oxygens (including phenoxy) is 1. The van der Waals surface area contributed by atoms with Gasteiger partial charge >= 0.3 is 0 Å². The molecule has 0 spiro atoms. The molecule has 0 saturated heterocycles. The fourth-order valence-corrected chi connectivity index (χ4v) is 1.79. The Balaban J connectivity index is 2.86. The molecule has 1 unspecified atom stereocenters. The van der Waals surface area contributed by atoms with Crippen LogP contribution in [0.1, 0.15) is 24.2 Å². The first-order chi connectivity index (χ1) is 8.10. The highest BCUT2D eigenvalue weighted by molar-refractivity contribution is 5.94. The zero-order valence-electron chi connectivity index (χ0n) is 10.5. The van der Waals surface area contributed by atoms with Gasteiger partial charge in [0.05, 0.1) is 12.6 Å². The fourth-order valence-electron chi connectivity index (χ4n) is 1.79. The molecule has 0 fully saturated rings. The van der Waals surface area contributed by atoms with Crippen LogP contribution in [0.4, 0.5) is 0 Å². The van der Waals surface area contributed by atoms with Gasteiger partial charge in [-0.05, 0) is 32.0 Å². The molecule has 94 valence electrons. The van der Waals surface area contributed by atoms with E-state index in [1.165, 1.54) is 6.07 Å². The van der Waals surface area contributed by atoms with Crippen LogP contribution >= 0.6 is 0 Å². The van der Waals surface area contributed by atoms with Crippen molar-refractivity contribution in [2.24, 2.45) is 0 Å². The predicted octanol–water partition coefficient (Wildman–Crippen LogP) is 1.89. The Morgan fingerprint density at radius 1 is 1.53 bits per heavy atom. The number of likely N-dealkylation sites (N-methyl/N-ethyl adjacent to an activating group) is 1. The lowest BCUT2D eigenvalue weighted by Crippen LogP contribution is -2.40. The van der Waals surface area contributed by atoms with Crippen molar-refractivity contribution >= 4 is 5.91 Å². The van der Waals surface area contributed by atoms with E-state index >= 15 is 0 Å². The summed E-state index contributed by atoms with van der Waals surface area (Å²) in [5.41, 5.74) is 0.495. The van der Waals surface area contributed by atoms with Crippen molar-refractivity contribution < 1.29 is 14.6 Å². The van der Waals surface area contributed by atoms with Gasteiger partial charge in [0.25, 0.3) is 5.91 Å². The summed E-state index contributed by atoms with van der Waals surface area (Å²) in [6.45, 7) is 4.97. The number of nitrogens with zero attached hydrogens (tertiary/aromatic N) is 1. The number of benzene rings is 1. The standard InChI is InChI=1S/C13H19NO3/c1-4-14(10(2)9-17-3)13(16)11-6-5-7-12(15)8-11/h5-8,10,15H,4,9H2,1-3H3.